The van der Waals surface area contributed by atoms with E-state index in [1.807, 2.05) is 6.07 Å². The molecule has 34 heavy (non-hydrogen) atoms. The molecule has 0 bridgehead atoms. The largest absolute Gasteiger partial charge is 0.478 e. The zero-order chi connectivity index (χ0) is 24.0. The number of nitrogens with one attached hydrogen (secondary N) is 2. The van der Waals surface area contributed by atoms with Gasteiger partial charge in [-0.25, -0.2) is 9.19 Å². The molecule has 3 aliphatic rings. The molecule has 1 aliphatic heterocycles. The molecule has 0 radical (unpaired) electrons. The minimum absolute atomic E-state index is 0.00398. The van der Waals surface area contributed by atoms with Gasteiger partial charge in [0.05, 0.1) is 28.1 Å². The van der Waals surface area contributed by atoms with E-state index in [0.717, 1.165) is 36.6 Å². The summed E-state index contributed by atoms with van der Waals surface area (Å²) in [5.41, 5.74) is 1.91. The van der Waals surface area contributed by atoms with E-state index in [1.165, 1.54) is 12.1 Å². The van der Waals surface area contributed by atoms with Gasteiger partial charge in [0, 0.05) is 28.2 Å². The number of hydrogen-bond donors (Lipinski definition) is 4. The highest BCUT2D eigenvalue weighted by Crippen LogP contribution is 2.50. The third-order valence-electron chi connectivity index (χ3n) is 6.61. The first-order valence-corrected chi connectivity index (χ1v) is 11.7. The number of aliphatic hydroxyl groups excluding tert-OH is 1. The van der Waals surface area contributed by atoms with Gasteiger partial charge in [-0.3, -0.25) is 14.4 Å². The van der Waals surface area contributed by atoms with Gasteiger partial charge in [-0.1, -0.05) is 18.6 Å². The van der Waals surface area contributed by atoms with Gasteiger partial charge in [-0.15, -0.1) is 0 Å². The highest BCUT2D eigenvalue weighted by molar-refractivity contribution is 7.99. The molecule has 2 amide bonds. The molecule has 1 saturated carbocycles. The lowest BCUT2D eigenvalue weighted by atomic mass is 9.66. The number of Topliss-reactive ketones (excluding diaryl/α,β-unsaturated/α-hetero) is 1. The molecule has 0 aromatic heterocycles. The summed E-state index contributed by atoms with van der Waals surface area (Å²) >= 11 is 1.54. The normalized spacial score (nSPS) is 22.3. The van der Waals surface area contributed by atoms with Crippen molar-refractivity contribution in [3.05, 3.63) is 64.2 Å². The molecule has 3 atom stereocenters. The van der Waals surface area contributed by atoms with Crippen LogP contribution in [0.4, 0.5) is 5.69 Å². The molecule has 4 N–H and O–H groups in total. The lowest BCUT2D eigenvalue weighted by Gasteiger charge is -2.37. The molecule has 2 aromatic carbocycles. The lowest BCUT2D eigenvalue weighted by molar-refractivity contribution is 0.0689. The van der Waals surface area contributed by atoms with Gasteiger partial charge in [0.15, 0.2) is 5.78 Å². The second kappa shape index (κ2) is 8.69. The van der Waals surface area contributed by atoms with Gasteiger partial charge in [-0.2, -0.15) is 0 Å². The Morgan fingerprint density at radius 1 is 1.09 bits per heavy atom. The number of carbonyl (C=O) groups is 4. The summed E-state index contributed by atoms with van der Waals surface area (Å²) in [6, 6.07) is 8.90. The number of ketones is 1. The fourth-order valence-electron chi connectivity index (χ4n) is 5.09. The number of amides is 2. The fraction of sp³-hybridized carbons (Fsp3) is 0.292. The zero-order valence-corrected chi connectivity index (χ0v) is 18.7. The summed E-state index contributed by atoms with van der Waals surface area (Å²) in [6.07, 6.45) is 2.79. The monoisotopic (exact) mass is 479 g/mol. The van der Waals surface area contributed by atoms with E-state index in [1.54, 1.807) is 24.1 Å². The Morgan fingerprint density at radius 2 is 1.91 bits per heavy atom. The molecule has 9 nitrogen and oxygen atoms in total. The summed E-state index contributed by atoms with van der Waals surface area (Å²) in [7, 11) is 0. The second-order valence-corrected chi connectivity index (χ2v) is 9.46. The van der Waals surface area contributed by atoms with Crippen LogP contribution in [-0.4, -0.2) is 51.5 Å². The minimum atomic E-state index is -1.39. The van der Waals surface area contributed by atoms with Crippen molar-refractivity contribution in [1.29, 1.82) is 0 Å². The van der Waals surface area contributed by atoms with Crippen molar-refractivity contribution in [3.8, 4) is 0 Å². The average Bonchev–Trinajstić information content (AvgIpc) is 3.27. The van der Waals surface area contributed by atoms with Crippen LogP contribution in [0.3, 0.4) is 0 Å². The quantitative estimate of drug-likeness (QED) is 0.381. The first kappa shape index (κ1) is 22.3. The summed E-state index contributed by atoms with van der Waals surface area (Å²) < 4.78 is 4.67. The Kier molecular flexibility index (Phi) is 5.70. The van der Waals surface area contributed by atoms with E-state index >= 15 is 0 Å². The molecule has 174 valence electrons. The maximum atomic E-state index is 13.5. The Balaban J connectivity index is 1.48. The molecule has 0 spiro atoms. The van der Waals surface area contributed by atoms with E-state index in [2.05, 4.69) is 15.0 Å². The fourth-order valence-corrected chi connectivity index (χ4v) is 6.28. The molecule has 0 saturated heterocycles. The van der Waals surface area contributed by atoms with Crippen LogP contribution in [0.5, 0.6) is 0 Å². The van der Waals surface area contributed by atoms with Crippen molar-refractivity contribution in [2.45, 2.75) is 24.5 Å². The van der Waals surface area contributed by atoms with Crippen molar-refractivity contribution in [2.75, 3.05) is 12.0 Å². The molecule has 1 fully saturated rings. The first-order valence-electron chi connectivity index (χ1n) is 10.9. The molecule has 5 rings (SSSR count). The standard InChI is InChI=1S/C24H21N3O6S/c28-10-25-23(31)12-8-7-11(9-15(12)24(32)33)22(30)26-16-5-1-3-13-18(16)21(29)14-4-2-6-17-19(14)20(13)27-34-17/h1,3,5,7-9,14,17,19,28H,2,4,6,10H2,(H,25,31)(H,26,30)(H,32,33). The topological polar surface area (TPSA) is 145 Å². The van der Waals surface area contributed by atoms with E-state index in [4.69, 9.17) is 5.11 Å². The SMILES string of the molecule is O=C(Nc1cccc2c1C(=O)C1CCCC3SN=C2C31)c1ccc(C(=O)NCO)c(C(=O)O)c1. The van der Waals surface area contributed by atoms with Gasteiger partial charge in [0.2, 0.25) is 0 Å². The average molecular weight is 480 g/mol. The summed E-state index contributed by atoms with van der Waals surface area (Å²) in [5, 5.41) is 23.6. The highest BCUT2D eigenvalue weighted by Gasteiger charge is 2.49. The molecule has 2 aromatic rings. The predicted molar refractivity (Wildman–Crippen MR) is 125 cm³/mol. The van der Waals surface area contributed by atoms with Gasteiger partial charge in [0.1, 0.15) is 6.73 Å². The number of anilines is 1. The Labute approximate surface area is 198 Å². The van der Waals surface area contributed by atoms with E-state index < -0.39 is 24.5 Å². The van der Waals surface area contributed by atoms with Crippen molar-refractivity contribution in [3.63, 3.8) is 0 Å². The minimum Gasteiger partial charge on any atom is -0.478 e. The number of aromatic carboxylic acids is 1. The van der Waals surface area contributed by atoms with Crippen molar-refractivity contribution in [2.24, 2.45) is 16.2 Å². The zero-order valence-electron chi connectivity index (χ0n) is 17.9. The third kappa shape index (κ3) is 3.59. The van der Waals surface area contributed by atoms with Crippen LogP contribution in [0.15, 0.2) is 40.8 Å². The van der Waals surface area contributed by atoms with Crippen LogP contribution in [-0.2, 0) is 0 Å². The van der Waals surface area contributed by atoms with Crippen LogP contribution < -0.4 is 10.6 Å². The molecule has 10 heteroatoms. The summed E-state index contributed by atoms with van der Waals surface area (Å²) in [6.45, 7) is -0.653. The lowest BCUT2D eigenvalue weighted by Crippen LogP contribution is -2.42. The molecule has 2 aliphatic carbocycles. The first-order chi connectivity index (χ1) is 16.4. The number of aliphatic hydroxyl groups is 1. The second-order valence-electron chi connectivity index (χ2n) is 8.46. The number of carboxylic acid groups (broad SMARTS) is 1. The highest BCUT2D eigenvalue weighted by atomic mass is 32.2. The number of rotatable bonds is 5. The van der Waals surface area contributed by atoms with Gasteiger partial charge in [-0.05, 0) is 49.1 Å². The van der Waals surface area contributed by atoms with Gasteiger partial charge >= 0.3 is 5.97 Å². The number of benzene rings is 2. The van der Waals surface area contributed by atoms with Gasteiger partial charge in [0.25, 0.3) is 11.8 Å². The number of carbonyl (C=O) groups excluding carboxylic acids is 3. The van der Waals surface area contributed by atoms with E-state index in [-0.39, 0.29) is 34.3 Å². The van der Waals surface area contributed by atoms with Crippen molar-refractivity contribution in [1.82, 2.24) is 5.32 Å². The maximum absolute atomic E-state index is 13.5. The van der Waals surface area contributed by atoms with Gasteiger partial charge < -0.3 is 20.8 Å². The third-order valence-corrected chi connectivity index (χ3v) is 7.71. The Morgan fingerprint density at radius 3 is 2.68 bits per heavy atom. The number of fused-ring (bicyclic) bond motifs is 2. The van der Waals surface area contributed by atoms with Crippen LogP contribution in [0.25, 0.3) is 0 Å². The summed E-state index contributed by atoms with van der Waals surface area (Å²) in [5.74, 6) is -2.81. The Hall–Kier alpha value is -3.50. The molecular formula is C24H21N3O6S. The maximum Gasteiger partial charge on any atom is 0.336 e. The summed E-state index contributed by atoms with van der Waals surface area (Å²) in [4.78, 5) is 50.2. The van der Waals surface area contributed by atoms with Crippen molar-refractivity contribution < 1.29 is 29.4 Å². The van der Waals surface area contributed by atoms with Crippen LogP contribution in [0.2, 0.25) is 0 Å². The Bertz CT molecular complexity index is 1270. The van der Waals surface area contributed by atoms with E-state index in [0.29, 0.717) is 16.5 Å². The molecular weight excluding hydrogens is 458 g/mol. The van der Waals surface area contributed by atoms with Crippen LogP contribution in [0.1, 0.15) is 66.3 Å². The molecule has 3 unspecified atom stereocenters. The predicted octanol–water partition coefficient (Wildman–Crippen LogP) is 2.75. The van der Waals surface area contributed by atoms with E-state index in [9.17, 15) is 24.3 Å². The smallest absolute Gasteiger partial charge is 0.336 e. The molecule has 1 heterocycles. The number of carboxylic acids is 1. The van der Waals surface area contributed by atoms with Crippen molar-refractivity contribution >= 4 is 46.9 Å². The van der Waals surface area contributed by atoms with Crippen LogP contribution in [0, 0.1) is 11.8 Å². The number of nitrogens with zero attached hydrogens (tertiary/aromatic N) is 1. The van der Waals surface area contributed by atoms with Crippen LogP contribution >= 0.6 is 11.9 Å². The number of hydrogen-bond acceptors (Lipinski definition) is 7.